The third-order valence-corrected chi connectivity index (χ3v) is 4.67. The minimum atomic E-state index is 0.162. The smallest absolute Gasteiger partial charge is 0.0499 e. The van der Waals surface area contributed by atoms with Gasteiger partial charge in [-0.1, -0.05) is 19.3 Å². The lowest BCUT2D eigenvalue weighted by Gasteiger charge is -2.42. The molecule has 1 aliphatic carbocycles. The Morgan fingerprint density at radius 2 is 1.82 bits per heavy atom. The molecule has 0 aromatic heterocycles. The van der Waals surface area contributed by atoms with Gasteiger partial charge in [0.1, 0.15) is 0 Å². The number of aliphatic hydroxyl groups is 2. The SMILES string of the molecule is OCC1CCCN(CC2(CO)CCCCC2)C1. The lowest BCUT2D eigenvalue weighted by molar-refractivity contribution is 0.0192. The maximum atomic E-state index is 9.72. The number of nitrogens with zero attached hydrogens (tertiary/aromatic N) is 1. The third kappa shape index (κ3) is 3.43. The van der Waals surface area contributed by atoms with Crippen molar-refractivity contribution in [2.75, 3.05) is 32.8 Å². The molecule has 1 heterocycles. The van der Waals surface area contributed by atoms with Crippen LogP contribution in [0.5, 0.6) is 0 Å². The Hall–Kier alpha value is -0.120. The lowest BCUT2D eigenvalue weighted by atomic mass is 9.74. The fourth-order valence-corrected chi connectivity index (χ4v) is 3.59. The summed E-state index contributed by atoms with van der Waals surface area (Å²) < 4.78 is 0. The minimum absolute atomic E-state index is 0.162. The van der Waals surface area contributed by atoms with E-state index in [-0.39, 0.29) is 5.41 Å². The minimum Gasteiger partial charge on any atom is -0.396 e. The molecule has 2 fully saturated rings. The van der Waals surface area contributed by atoms with E-state index in [2.05, 4.69) is 4.90 Å². The lowest BCUT2D eigenvalue weighted by Crippen LogP contribution is -2.46. The van der Waals surface area contributed by atoms with Gasteiger partial charge in [0, 0.05) is 31.7 Å². The van der Waals surface area contributed by atoms with Crippen molar-refractivity contribution in [1.82, 2.24) is 4.90 Å². The van der Waals surface area contributed by atoms with Gasteiger partial charge in [-0.3, -0.25) is 0 Å². The quantitative estimate of drug-likeness (QED) is 0.786. The highest BCUT2D eigenvalue weighted by Crippen LogP contribution is 2.37. The van der Waals surface area contributed by atoms with Gasteiger partial charge < -0.3 is 15.1 Å². The van der Waals surface area contributed by atoms with Crippen LogP contribution in [0.2, 0.25) is 0 Å². The molecular weight excluding hydrogens is 214 g/mol. The molecule has 1 saturated carbocycles. The van der Waals surface area contributed by atoms with Gasteiger partial charge >= 0.3 is 0 Å². The van der Waals surface area contributed by atoms with Gasteiger partial charge in [0.25, 0.3) is 0 Å². The molecule has 1 saturated heterocycles. The zero-order chi connectivity index (χ0) is 12.1. The molecule has 0 radical (unpaired) electrons. The summed E-state index contributed by atoms with van der Waals surface area (Å²) in [5.41, 5.74) is 0.162. The predicted molar refractivity (Wildman–Crippen MR) is 68.9 cm³/mol. The first kappa shape index (κ1) is 13.3. The van der Waals surface area contributed by atoms with Crippen molar-refractivity contribution in [3.05, 3.63) is 0 Å². The van der Waals surface area contributed by atoms with Crippen molar-refractivity contribution in [2.24, 2.45) is 11.3 Å². The van der Waals surface area contributed by atoms with Crippen LogP contribution in [0.25, 0.3) is 0 Å². The van der Waals surface area contributed by atoms with Crippen LogP contribution in [0.4, 0.5) is 0 Å². The number of likely N-dealkylation sites (tertiary alicyclic amines) is 1. The van der Waals surface area contributed by atoms with Gasteiger partial charge in [-0.05, 0) is 38.1 Å². The van der Waals surface area contributed by atoms with Crippen LogP contribution < -0.4 is 0 Å². The summed E-state index contributed by atoms with van der Waals surface area (Å²) in [6.07, 6.45) is 8.62. The Bertz CT molecular complexity index is 226. The van der Waals surface area contributed by atoms with Gasteiger partial charge in [0.05, 0.1) is 0 Å². The second-order valence-electron chi connectivity index (χ2n) is 6.14. The standard InChI is InChI=1S/C14H27NO2/c16-10-13-5-4-8-15(9-13)11-14(12-17)6-2-1-3-7-14/h13,16-17H,1-12H2. The summed E-state index contributed by atoms with van der Waals surface area (Å²) >= 11 is 0. The predicted octanol–water partition coefficient (Wildman–Crippen LogP) is 1.63. The molecule has 0 amide bonds. The fourth-order valence-electron chi connectivity index (χ4n) is 3.59. The zero-order valence-electron chi connectivity index (χ0n) is 10.9. The fraction of sp³-hybridized carbons (Fsp3) is 1.00. The monoisotopic (exact) mass is 241 g/mol. The maximum absolute atomic E-state index is 9.72. The first-order valence-electron chi connectivity index (χ1n) is 7.22. The van der Waals surface area contributed by atoms with Gasteiger partial charge in [0.15, 0.2) is 0 Å². The van der Waals surface area contributed by atoms with Gasteiger partial charge in [-0.25, -0.2) is 0 Å². The van der Waals surface area contributed by atoms with E-state index in [1.807, 2.05) is 0 Å². The largest absolute Gasteiger partial charge is 0.396 e. The Morgan fingerprint density at radius 1 is 1.06 bits per heavy atom. The molecule has 17 heavy (non-hydrogen) atoms. The normalized spacial score (nSPS) is 30.4. The first-order chi connectivity index (χ1) is 8.28. The molecule has 2 aliphatic rings. The van der Waals surface area contributed by atoms with Crippen molar-refractivity contribution in [3.63, 3.8) is 0 Å². The number of piperidine rings is 1. The van der Waals surface area contributed by atoms with Crippen LogP contribution >= 0.6 is 0 Å². The second kappa shape index (κ2) is 6.17. The number of aliphatic hydroxyl groups excluding tert-OH is 2. The Morgan fingerprint density at radius 3 is 2.47 bits per heavy atom. The molecule has 1 aliphatic heterocycles. The Kier molecular flexibility index (Phi) is 4.83. The first-order valence-corrected chi connectivity index (χ1v) is 7.22. The highest BCUT2D eigenvalue weighted by atomic mass is 16.3. The Labute approximate surface area is 105 Å². The summed E-state index contributed by atoms with van der Waals surface area (Å²) in [5, 5.41) is 19.0. The molecule has 0 bridgehead atoms. The Balaban J connectivity index is 1.88. The molecule has 3 nitrogen and oxygen atoms in total. The number of hydrogen-bond acceptors (Lipinski definition) is 3. The molecule has 100 valence electrons. The average Bonchev–Trinajstić information content (AvgIpc) is 2.40. The van der Waals surface area contributed by atoms with Crippen molar-refractivity contribution < 1.29 is 10.2 Å². The molecule has 0 aromatic carbocycles. The molecule has 1 unspecified atom stereocenters. The summed E-state index contributed by atoms with van der Waals surface area (Å²) in [6.45, 7) is 3.88. The van der Waals surface area contributed by atoms with E-state index in [1.165, 1.54) is 44.9 Å². The maximum Gasteiger partial charge on any atom is 0.0499 e. The van der Waals surface area contributed by atoms with E-state index in [4.69, 9.17) is 0 Å². The second-order valence-corrected chi connectivity index (χ2v) is 6.14. The topological polar surface area (TPSA) is 43.7 Å². The summed E-state index contributed by atoms with van der Waals surface area (Å²) in [7, 11) is 0. The van der Waals surface area contributed by atoms with Crippen LogP contribution in [0.15, 0.2) is 0 Å². The number of hydrogen-bond donors (Lipinski definition) is 2. The van der Waals surface area contributed by atoms with E-state index in [0.29, 0.717) is 19.1 Å². The highest BCUT2D eigenvalue weighted by Gasteiger charge is 2.34. The molecular formula is C14H27NO2. The average molecular weight is 241 g/mol. The van der Waals surface area contributed by atoms with E-state index >= 15 is 0 Å². The van der Waals surface area contributed by atoms with Gasteiger partial charge in [-0.15, -0.1) is 0 Å². The van der Waals surface area contributed by atoms with Gasteiger partial charge in [0.2, 0.25) is 0 Å². The molecule has 0 aromatic rings. The van der Waals surface area contributed by atoms with E-state index < -0.39 is 0 Å². The number of rotatable bonds is 4. The summed E-state index contributed by atoms with van der Waals surface area (Å²) in [4.78, 5) is 2.48. The van der Waals surface area contributed by atoms with E-state index in [9.17, 15) is 10.2 Å². The van der Waals surface area contributed by atoms with E-state index in [0.717, 1.165) is 19.6 Å². The van der Waals surface area contributed by atoms with E-state index in [1.54, 1.807) is 0 Å². The van der Waals surface area contributed by atoms with Gasteiger partial charge in [-0.2, -0.15) is 0 Å². The molecule has 3 heteroatoms. The highest BCUT2D eigenvalue weighted by molar-refractivity contribution is 4.87. The van der Waals surface area contributed by atoms with Crippen LogP contribution in [-0.2, 0) is 0 Å². The summed E-state index contributed by atoms with van der Waals surface area (Å²) in [5.74, 6) is 0.461. The zero-order valence-corrected chi connectivity index (χ0v) is 10.9. The van der Waals surface area contributed by atoms with Crippen LogP contribution in [0.1, 0.15) is 44.9 Å². The van der Waals surface area contributed by atoms with Crippen LogP contribution in [0.3, 0.4) is 0 Å². The molecule has 1 atom stereocenters. The third-order valence-electron chi connectivity index (χ3n) is 4.67. The van der Waals surface area contributed by atoms with Crippen molar-refractivity contribution in [1.29, 1.82) is 0 Å². The van der Waals surface area contributed by atoms with Crippen molar-refractivity contribution in [2.45, 2.75) is 44.9 Å². The van der Waals surface area contributed by atoms with Crippen LogP contribution in [0, 0.1) is 11.3 Å². The van der Waals surface area contributed by atoms with Crippen LogP contribution in [-0.4, -0.2) is 48.0 Å². The molecule has 2 N–H and O–H groups in total. The van der Waals surface area contributed by atoms with Crippen molar-refractivity contribution >= 4 is 0 Å². The summed E-state index contributed by atoms with van der Waals surface area (Å²) in [6, 6.07) is 0. The molecule has 0 spiro atoms. The molecule has 2 rings (SSSR count). The van der Waals surface area contributed by atoms with Crippen molar-refractivity contribution in [3.8, 4) is 0 Å².